The number of furan rings is 1. The van der Waals surface area contributed by atoms with Crippen LogP contribution in [0, 0.1) is 6.92 Å². The number of fused-ring (bicyclic) bond motifs is 1. The highest BCUT2D eigenvalue weighted by Gasteiger charge is 2.29. The minimum atomic E-state index is -1.73. The molecule has 0 aliphatic carbocycles. The summed E-state index contributed by atoms with van der Waals surface area (Å²) in [4.78, 5) is 0. The van der Waals surface area contributed by atoms with Crippen LogP contribution < -0.4 is 0 Å². The molecule has 0 saturated heterocycles. The normalized spacial score (nSPS) is 12.6. The first kappa shape index (κ1) is 14.4. The molecule has 3 aromatic rings. The number of aromatic nitrogens is 2. The van der Waals surface area contributed by atoms with E-state index in [4.69, 9.17) is 43.6 Å². The lowest BCUT2D eigenvalue weighted by Gasteiger charge is -2.01. The second kappa shape index (κ2) is 5.37. The fourth-order valence-electron chi connectivity index (χ4n) is 1.92. The van der Waals surface area contributed by atoms with Gasteiger partial charge in [-0.25, -0.2) is 0 Å². The van der Waals surface area contributed by atoms with Crippen molar-refractivity contribution in [3.05, 3.63) is 47.4 Å². The van der Waals surface area contributed by atoms with Crippen LogP contribution in [0.5, 0.6) is 0 Å². The monoisotopic (exact) mass is 342 g/mol. The molecule has 0 spiro atoms. The van der Waals surface area contributed by atoms with Crippen molar-refractivity contribution in [2.24, 2.45) is 0 Å². The van der Waals surface area contributed by atoms with Crippen LogP contribution in [0.4, 0.5) is 0 Å². The number of nitrogens with zero attached hydrogens (tertiary/aromatic N) is 2. The predicted octanol–water partition coefficient (Wildman–Crippen LogP) is 5.12. The quantitative estimate of drug-likeness (QED) is 0.606. The molecule has 0 aliphatic heterocycles. The zero-order chi connectivity index (χ0) is 15.0. The number of benzene rings is 1. The van der Waals surface area contributed by atoms with Crippen LogP contribution in [-0.2, 0) is 3.79 Å². The van der Waals surface area contributed by atoms with Crippen molar-refractivity contribution in [2.45, 2.75) is 10.7 Å². The smallest absolute Gasteiger partial charge is 0.268 e. The zero-order valence-electron chi connectivity index (χ0n) is 10.8. The van der Waals surface area contributed by atoms with Crippen LogP contribution in [0.15, 0.2) is 33.1 Å². The number of alkyl halides is 3. The minimum Gasteiger partial charge on any atom is -0.456 e. The molecule has 4 nitrogen and oxygen atoms in total. The number of halogens is 3. The highest BCUT2D eigenvalue weighted by atomic mass is 35.6. The molecule has 0 N–H and O–H groups in total. The van der Waals surface area contributed by atoms with Gasteiger partial charge in [-0.3, -0.25) is 0 Å². The van der Waals surface area contributed by atoms with E-state index in [0.29, 0.717) is 5.76 Å². The van der Waals surface area contributed by atoms with Gasteiger partial charge in [-0.2, -0.15) is 0 Å². The molecular weight excluding hydrogens is 335 g/mol. The Labute approximate surface area is 135 Å². The minimum absolute atomic E-state index is 0.0755. The molecule has 21 heavy (non-hydrogen) atoms. The number of para-hydroxylation sites is 1. The van der Waals surface area contributed by atoms with E-state index in [-0.39, 0.29) is 11.8 Å². The molecule has 1 aromatic carbocycles. The molecule has 0 bridgehead atoms. The maximum absolute atomic E-state index is 5.74. The highest BCUT2D eigenvalue weighted by molar-refractivity contribution is 6.66. The van der Waals surface area contributed by atoms with Crippen molar-refractivity contribution < 1.29 is 8.83 Å². The lowest BCUT2D eigenvalue weighted by atomic mass is 10.1. The van der Waals surface area contributed by atoms with Gasteiger partial charge < -0.3 is 8.83 Å². The van der Waals surface area contributed by atoms with E-state index in [9.17, 15) is 0 Å². The molecule has 7 heteroatoms. The lowest BCUT2D eigenvalue weighted by Crippen LogP contribution is -1.99. The summed E-state index contributed by atoms with van der Waals surface area (Å²) >= 11 is 17.0. The molecule has 3 rings (SSSR count). The fraction of sp³-hybridized carbons (Fsp3) is 0.143. The zero-order valence-corrected chi connectivity index (χ0v) is 13.1. The van der Waals surface area contributed by atoms with Crippen molar-refractivity contribution in [3.8, 4) is 0 Å². The Hall–Kier alpha value is -1.49. The maximum atomic E-state index is 5.74. The molecular formula is C14H9Cl3N2O2. The topological polar surface area (TPSA) is 52.1 Å². The number of hydrogen-bond donors (Lipinski definition) is 0. The number of rotatable bonds is 2. The number of hydrogen-bond acceptors (Lipinski definition) is 4. The van der Waals surface area contributed by atoms with E-state index >= 15 is 0 Å². The van der Waals surface area contributed by atoms with Gasteiger partial charge in [-0.1, -0.05) is 53.0 Å². The lowest BCUT2D eigenvalue weighted by molar-refractivity contribution is 0.493. The Balaban J connectivity index is 1.91. The van der Waals surface area contributed by atoms with Crippen LogP contribution in [0.25, 0.3) is 23.1 Å². The van der Waals surface area contributed by atoms with Crippen LogP contribution in [0.1, 0.15) is 23.1 Å². The van der Waals surface area contributed by atoms with Gasteiger partial charge in [0.05, 0.1) is 0 Å². The Bertz CT molecular complexity index is 815. The van der Waals surface area contributed by atoms with E-state index in [1.54, 1.807) is 12.2 Å². The summed E-state index contributed by atoms with van der Waals surface area (Å²) in [5.41, 5.74) is 1.85. The summed E-state index contributed by atoms with van der Waals surface area (Å²) in [5, 5.41) is 8.51. The summed E-state index contributed by atoms with van der Waals surface area (Å²) in [7, 11) is 0. The SMILES string of the molecule is Cc1c(C=Cc2nnc(C(Cl)(Cl)Cl)o2)oc2ccccc12. The maximum Gasteiger partial charge on any atom is 0.268 e. The Kier molecular flexibility index (Phi) is 3.69. The Morgan fingerprint density at radius 2 is 1.81 bits per heavy atom. The molecule has 0 atom stereocenters. The van der Waals surface area contributed by atoms with Crippen LogP contribution >= 0.6 is 34.8 Å². The summed E-state index contributed by atoms with van der Waals surface area (Å²) in [6.45, 7) is 1.98. The first-order valence-electron chi connectivity index (χ1n) is 6.02. The summed E-state index contributed by atoms with van der Waals surface area (Å²) in [5.74, 6) is 0.870. The van der Waals surface area contributed by atoms with Gasteiger partial charge in [0.1, 0.15) is 11.3 Å². The molecule has 0 unspecified atom stereocenters. The summed E-state index contributed by atoms with van der Waals surface area (Å²) < 4.78 is 9.25. The Morgan fingerprint density at radius 1 is 1.05 bits per heavy atom. The fourth-order valence-corrected chi connectivity index (χ4v) is 2.14. The number of aryl methyl sites for hydroxylation is 1. The van der Waals surface area contributed by atoms with Crippen LogP contribution in [-0.4, -0.2) is 10.2 Å². The van der Waals surface area contributed by atoms with Crippen molar-refractivity contribution in [3.63, 3.8) is 0 Å². The van der Waals surface area contributed by atoms with Crippen molar-refractivity contribution in [2.75, 3.05) is 0 Å². The first-order valence-corrected chi connectivity index (χ1v) is 7.15. The predicted molar refractivity (Wildman–Crippen MR) is 83.4 cm³/mol. The van der Waals surface area contributed by atoms with Crippen LogP contribution in [0.2, 0.25) is 0 Å². The van der Waals surface area contributed by atoms with E-state index in [2.05, 4.69) is 10.2 Å². The molecule has 108 valence electrons. The molecule has 0 aliphatic rings. The molecule has 2 heterocycles. The second-order valence-electron chi connectivity index (χ2n) is 4.36. The van der Waals surface area contributed by atoms with Crippen LogP contribution in [0.3, 0.4) is 0 Å². The van der Waals surface area contributed by atoms with E-state index in [1.165, 1.54) is 0 Å². The molecule has 0 saturated carbocycles. The van der Waals surface area contributed by atoms with Gasteiger partial charge in [0, 0.05) is 17.0 Å². The first-order chi connectivity index (χ1) is 9.95. The largest absolute Gasteiger partial charge is 0.456 e. The second-order valence-corrected chi connectivity index (χ2v) is 6.65. The van der Waals surface area contributed by atoms with Crippen molar-refractivity contribution in [1.82, 2.24) is 10.2 Å². The summed E-state index contributed by atoms with van der Waals surface area (Å²) in [6, 6.07) is 7.79. The third kappa shape index (κ3) is 2.93. The van der Waals surface area contributed by atoms with Crippen molar-refractivity contribution >= 4 is 57.9 Å². The highest BCUT2D eigenvalue weighted by Crippen LogP contribution is 2.37. The van der Waals surface area contributed by atoms with Gasteiger partial charge in [0.2, 0.25) is 5.89 Å². The van der Waals surface area contributed by atoms with E-state index in [0.717, 1.165) is 16.5 Å². The average Bonchev–Trinajstić information content (AvgIpc) is 3.02. The van der Waals surface area contributed by atoms with Gasteiger partial charge in [0.25, 0.3) is 9.68 Å². The summed E-state index contributed by atoms with van der Waals surface area (Å²) in [6.07, 6.45) is 3.35. The molecule has 0 fully saturated rings. The van der Waals surface area contributed by atoms with Gasteiger partial charge >= 0.3 is 0 Å². The van der Waals surface area contributed by atoms with Gasteiger partial charge in [-0.05, 0) is 19.1 Å². The third-order valence-corrected chi connectivity index (χ3v) is 3.43. The molecule has 0 amide bonds. The van der Waals surface area contributed by atoms with Crippen molar-refractivity contribution in [1.29, 1.82) is 0 Å². The Morgan fingerprint density at radius 3 is 2.48 bits per heavy atom. The third-order valence-electron chi connectivity index (χ3n) is 2.94. The van der Waals surface area contributed by atoms with E-state index < -0.39 is 3.79 Å². The van der Waals surface area contributed by atoms with E-state index in [1.807, 2.05) is 31.2 Å². The standard InChI is InChI=1S/C14H9Cl3N2O2/c1-8-9-4-2-3-5-11(9)20-10(8)6-7-12-18-19-13(21-12)14(15,16)17/h2-7H,1H3. The van der Waals surface area contributed by atoms with Gasteiger partial charge in [0.15, 0.2) is 0 Å². The molecule has 2 aromatic heterocycles. The average molecular weight is 344 g/mol. The van der Waals surface area contributed by atoms with Gasteiger partial charge in [-0.15, -0.1) is 10.2 Å². The molecule has 0 radical (unpaired) electrons.